The number of anilines is 2. The lowest BCUT2D eigenvalue weighted by Gasteiger charge is -2.14. The first-order chi connectivity index (χ1) is 17.1. The van der Waals surface area contributed by atoms with Crippen molar-refractivity contribution in [2.24, 2.45) is 11.5 Å². The van der Waals surface area contributed by atoms with Gasteiger partial charge in [0.15, 0.2) is 11.4 Å². The second-order valence-electron chi connectivity index (χ2n) is 7.27. The maximum atomic E-state index is 11.6. The molecule has 14 nitrogen and oxygen atoms in total. The molecule has 2 aromatic rings. The highest BCUT2D eigenvalue weighted by molar-refractivity contribution is 5.96. The van der Waals surface area contributed by atoms with Gasteiger partial charge in [-0.2, -0.15) is 0 Å². The van der Waals surface area contributed by atoms with E-state index in [1.54, 1.807) is 12.2 Å². The molecule has 0 aromatic heterocycles. The summed E-state index contributed by atoms with van der Waals surface area (Å²) in [6.45, 7) is 2.37. The molecule has 36 heavy (non-hydrogen) atoms. The average molecular weight is 502 g/mol. The van der Waals surface area contributed by atoms with Gasteiger partial charge in [-0.05, 0) is 18.6 Å². The van der Waals surface area contributed by atoms with Crippen LogP contribution in [0.2, 0.25) is 0 Å². The SMILES string of the molecule is CCCOc1cc(C(N)=O)cc([N+](=O)[O-])c1NC/C=C/CNc1c(OC)cc(C(N)=O)cc1[N+](=O)[O-]. The largest absolute Gasteiger partial charge is 0.494 e. The van der Waals surface area contributed by atoms with E-state index in [9.17, 15) is 29.8 Å². The molecule has 0 aliphatic rings. The number of primary amides is 2. The molecule has 2 rings (SSSR count). The van der Waals surface area contributed by atoms with Gasteiger partial charge in [0.25, 0.3) is 11.4 Å². The summed E-state index contributed by atoms with van der Waals surface area (Å²) >= 11 is 0. The van der Waals surface area contributed by atoms with Gasteiger partial charge in [0, 0.05) is 36.3 Å². The van der Waals surface area contributed by atoms with Crippen molar-refractivity contribution in [3.05, 3.63) is 67.8 Å². The number of carbonyl (C=O) groups excluding carboxylic acids is 2. The Morgan fingerprint density at radius 2 is 1.33 bits per heavy atom. The molecule has 0 atom stereocenters. The van der Waals surface area contributed by atoms with Crippen LogP contribution in [0, 0.1) is 20.2 Å². The Morgan fingerprint density at radius 3 is 1.72 bits per heavy atom. The highest BCUT2D eigenvalue weighted by Crippen LogP contribution is 2.37. The molecule has 2 amide bonds. The molecule has 0 heterocycles. The standard InChI is InChI=1S/C22H26N6O8/c1-3-8-36-18-12-14(22(24)30)10-16(28(33)34)20(18)26-7-5-4-6-25-19-15(27(31)32)9-13(21(23)29)11-17(19)35-2/h4-5,9-12,25-26H,3,6-8H2,1-2H3,(H2,23,29)(H2,24,30)/b5-4+. The van der Waals surface area contributed by atoms with E-state index >= 15 is 0 Å². The van der Waals surface area contributed by atoms with Crippen molar-refractivity contribution in [3.63, 3.8) is 0 Å². The summed E-state index contributed by atoms with van der Waals surface area (Å²) < 4.78 is 10.7. The van der Waals surface area contributed by atoms with Crippen LogP contribution in [0.3, 0.4) is 0 Å². The molecule has 14 heteroatoms. The zero-order chi connectivity index (χ0) is 26.8. The number of nitrogens with zero attached hydrogens (tertiary/aromatic N) is 2. The number of hydrogen-bond donors (Lipinski definition) is 4. The van der Waals surface area contributed by atoms with Crippen molar-refractivity contribution < 1.29 is 28.9 Å². The Morgan fingerprint density at radius 1 is 0.889 bits per heavy atom. The smallest absolute Gasteiger partial charge is 0.296 e. The number of methoxy groups -OCH3 is 1. The van der Waals surface area contributed by atoms with Crippen LogP contribution in [0.25, 0.3) is 0 Å². The van der Waals surface area contributed by atoms with E-state index in [4.69, 9.17) is 20.9 Å². The number of carbonyl (C=O) groups is 2. The van der Waals surface area contributed by atoms with Gasteiger partial charge in [-0.1, -0.05) is 19.1 Å². The third-order valence-electron chi connectivity index (χ3n) is 4.77. The number of benzene rings is 2. The van der Waals surface area contributed by atoms with Gasteiger partial charge in [-0.15, -0.1) is 0 Å². The Labute approximate surface area is 205 Å². The van der Waals surface area contributed by atoms with Crippen molar-refractivity contribution in [2.45, 2.75) is 13.3 Å². The molecule has 2 aromatic carbocycles. The maximum absolute atomic E-state index is 11.6. The van der Waals surface area contributed by atoms with Crippen LogP contribution in [0.15, 0.2) is 36.4 Å². The fourth-order valence-corrected chi connectivity index (χ4v) is 3.10. The molecule has 0 radical (unpaired) electrons. The molecule has 192 valence electrons. The molecule has 0 saturated heterocycles. The number of amides is 2. The molecule has 0 spiro atoms. The lowest BCUT2D eigenvalue weighted by Crippen LogP contribution is -2.14. The van der Waals surface area contributed by atoms with Crippen LogP contribution in [0.1, 0.15) is 34.1 Å². The fraction of sp³-hybridized carbons (Fsp3) is 0.273. The highest BCUT2D eigenvalue weighted by Gasteiger charge is 2.23. The van der Waals surface area contributed by atoms with Crippen LogP contribution in [-0.2, 0) is 0 Å². The van der Waals surface area contributed by atoms with Gasteiger partial charge >= 0.3 is 0 Å². The van der Waals surface area contributed by atoms with E-state index in [1.807, 2.05) is 6.92 Å². The summed E-state index contributed by atoms with van der Waals surface area (Å²) in [6, 6.07) is 4.73. The molecular weight excluding hydrogens is 476 g/mol. The predicted molar refractivity (Wildman–Crippen MR) is 132 cm³/mol. The second kappa shape index (κ2) is 12.5. The molecule has 0 fully saturated rings. The number of nitro groups is 2. The predicted octanol–water partition coefficient (Wildman–Crippen LogP) is 2.58. The van der Waals surface area contributed by atoms with Crippen LogP contribution >= 0.6 is 0 Å². The van der Waals surface area contributed by atoms with Gasteiger partial charge in [-0.25, -0.2) is 0 Å². The van der Waals surface area contributed by atoms with Gasteiger partial charge < -0.3 is 31.6 Å². The summed E-state index contributed by atoms with van der Waals surface area (Å²) in [5.74, 6) is -1.49. The topological polar surface area (TPSA) is 215 Å². The third kappa shape index (κ3) is 6.82. The van der Waals surface area contributed by atoms with Crippen molar-refractivity contribution in [3.8, 4) is 11.5 Å². The zero-order valence-corrected chi connectivity index (χ0v) is 19.6. The lowest BCUT2D eigenvalue weighted by atomic mass is 10.1. The summed E-state index contributed by atoms with van der Waals surface area (Å²) in [5.41, 5.74) is 9.73. The third-order valence-corrected chi connectivity index (χ3v) is 4.77. The number of nitrogens with two attached hydrogens (primary N) is 2. The number of ether oxygens (including phenoxy) is 2. The average Bonchev–Trinajstić information content (AvgIpc) is 2.83. The number of rotatable bonds is 14. The molecule has 0 aliphatic heterocycles. The fourth-order valence-electron chi connectivity index (χ4n) is 3.10. The minimum Gasteiger partial charge on any atom is -0.494 e. The minimum atomic E-state index is -0.839. The van der Waals surface area contributed by atoms with Gasteiger partial charge in [-0.3, -0.25) is 29.8 Å². The highest BCUT2D eigenvalue weighted by atomic mass is 16.6. The van der Waals surface area contributed by atoms with Crippen molar-refractivity contribution in [1.29, 1.82) is 0 Å². The van der Waals surface area contributed by atoms with Gasteiger partial charge in [0.1, 0.15) is 11.5 Å². The first-order valence-electron chi connectivity index (χ1n) is 10.6. The quantitative estimate of drug-likeness (QED) is 0.168. The van der Waals surface area contributed by atoms with Gasteiger partial charge in [0.2, 0.25) is 11.8 Å². The van der Waals surface area contributed by atoms with E-state index in [2.05, 4.69) is 10.6 Å². The Kier molecular flexibility index (Phi) is 9.54. The van der Waals surface area contributed by atoms with E-state index < -0.39 is 27.3 Å². The number of hydrogen-bond acceptors (Lipinski definition) is 10. The summed E-state index contributed by atoms with van der Waals surface area (Å²) in [5, 5.41) is 28.8. The number of nitrogens with one attached hydrogen (secondary N) is 2. The van der Waals surface area contributed by atoms with Crippen molar-refractivity contribution in [2.75, 3.05) is 37.4 Å². The lowest BCUT2D eigenvalue weighted by molar-refractivity contribution is -0.384. The molecular formula is C22H26N6O8. The normalized spacial score (nSPS) is 10.6. The van der Waals surface area contributed by atoms with Crippen LogP contribution in [-0.4, -0.2) is 48.5 Å². The Hall–Kier alpha value is -4.88. The molecule has 0 bridgehead atoms. The number of nitro benzene ring substituents is 2. The molecule has 0 saturated carbocycles. The minimum absolute atomic E-state index is 0.0537. The summed E-state index contributed by atoms with van der Waals surface area (Å²) in [4.78, 5) is 44.7. The first-order valence-corrected chi connectivity index (χ1v) is 10.6. The van der Waals surface area contributed by atoms with Crippen molar-refractivity contribution in [1.82, 2.24) is 0 Å². The van der Waals surface area contributed by atoms with Crippen LogP contribution in [0.5, 0.6) is 11.5 Å². The zero-order valence-electron chi connectivity index (χ0n) is 19.6. The van der Waals surface area contributed by atoms with E-state index in [0.717, 1.165) is 12.1 Å². The Balaban J connectivity index is 2.18. The second-order valence-corrected chi connectivity index (χ2v) is 7.27. The molecule has 0 aliphatic carbocycles. The molecule has 6 N–H and O–H groups in total. The van der Waals surface area contributed by atoms with E-state index in [-0.39, 0.29) is 59.4 Å². The molecule has 0 unspecified atom stereocenters. The van der Waals surface area contributed by atoms with Crippen molar-refractivity contribution >= 4 is 34.6 Å². The van der Waals surface area contributed by atoms with Crippen LogP contribution in [0.4, 0.5) is 22.7 Å². The van der Waals surface area contributed by atoms with E-state index in [0.29, 0.717) is 6.42 Å². The Bertz CT molecular complexity index is 1200. The van der Waals surface area contributed by atoms with Gasteiger partial charge in [0.05, 0.1) is 23.6 Å². The van der Waals surface area contributed by atoms with Crippen LogP contribution < -0.4 is 31.6 Å². The summed E-state index contributed by atoms with van der Waals surface area (Å²) in [6.07, 6.45) is 3.88. The maximum Gasteiger partial charge on any atom is 0.296 e. The van der Waals surface area contributed by atoms with E-state index in [1.165, 1.54) is 19.2 Å². The first kappa shape index (κ1) is 27.4. The monoisotopic (exact) mass is 502 g/mol. The summed E-state index contributed by atoms with van der Waals surface area (Å²) in [7, 11) is 1.30.